The lowest BCUT2D eigenvalue weighted by atomic mass is 10.1. The second-order valence-corrected chi connectivity index (χ2v) is 8.68. The molecule has 174 valence electrons. The molecule has 0 saturated carbocycles. The second kappa shape index (κ2) is 8.49. The summed E-state index contributed by atoms with van der Waals surface area (Å²) in [7, 11) is 1.57. The second-order valence-electron chi connectivity index (χ2n) is 8.24. The van der Waals surface area contributed by atoms with Gasteiger partial charge in [0.2, 0.25) is 5.96 Å². The third kappa shape index (κ3) is 3.67. The molecule has 0 aliphatic carbocycles. The number of amides is 3. The normalized spacial score (nSPS) is 21.4. The van der Waals surface area contributed by atoms with Crippen molar-refractivity contribution in [1.82, 2.24) is 14.7 Å². The van der Waals surface area contributed by atoms with Gasteiger partial charge >= 0.3 is 12.0 Å². The van der Waals surface area contributed by atoms with Gasteiger partial charge in [-0.1, -0.05) is 48.0 Å². The zero-order chi connectivity index (χ0) is 24.0. The van der Waals surface area contributed by atoms with Gasteiger partial charge in [-0.25, -0.2) is 9.79 Å². The van der Waals surface area contributed by atoms with Crippen molar-refractivity contribution in [2.24, 2.45) is 4.99 Å². The molecule has 2 aromatic rings. The SMILES string of the molecule is CC1=CN2C(=NC3C2C(=O)N(CC(=O)OCc2ccccc2)C(=O)N3C)N1c1cccc(Cl)c1. The summed E-state index contributed by atoms with van der Waals surface area (Å²) in [6.45, 7) is 1.49. The first-order chi connectivity index (χ1) is 16.3. The zero-order valence-corrected chi connectivity index (χ0v) is 19.3. The summed E-state index contributed by atoms with van der Waals surface area (Å²) in [5, 5.41) is 0.573. The van der Waals surface area contributed by atoms with Crippen LogP contribution in [0.25, 0.3) is 0 Å². The molecule has 3 aliphatic rings. The summed E-state index contributed by atoms with van der Waals surface area (Å²) in [5.74, 6) is -0.637. The molecule has 2 atom stereocenters. The van der Waals surface area contributed by atoms with E-state index in [2.05, 4.69) is 0 Å². The van der Waals surface area contributed by atoms with Gasteiger partial charge < -0.3 is 14.5 Å². The van der Waals surface area contributed by atoms with Crippen molar-refractivity contribution in [3.63, 3.8) is 0 Å². The third-order valence-corrected chi connectivity index (χ3v) is 6.22. The smallest absolute Gasteiger partial charge is 0.328 e. The van der Waals surface area contributed by atoms with Crippen LogP contribution in [0, 0.1) is 0 Å². The highest BCUT2D eigenvalue weighted by Gasteiger charge is 2.54. The van der Waals surface area contributed by atoms with Gasteiger partial charge in [0.1, 0.15) is 13.2 Å². The Morgan fingerprint density at radius 2 is 1.88 bits per heavy atom. The molecule has 0 aromatic heterocycles. The number of imide groups is 1. The first-order valence-electron chi connectivity index (χ1n) is 10.7. The van der Waals surface area contributed by atoms with Crippen molar-refractivity contribution >= 4 is 41.2 Å². The van der Waals surface area contributed by atoms with Crippen molar-refractivity contribution in [1.29, 1.82) is 0 Å². The first kappa shape index (κ1) is 22.0. The van der Waals surface area contributed by atoms with E-state index in [1.165, 1.54) is 4.90 Å². The van der Waals surface area contributed by atoms with Crippen LogP contribution in [0.4, 0.5) is 10.5 Å². The lowest BCUT2D eigenvalue weighted by molar-refractivity contribution is -0.151. The van der Waals surface area contributed by atoms with E-state index in [9.17, 15) is 14.4 Å². The van der Waals surface area contributed by atoms with Crippen LogP contribution in [0.3, 0.4) is 0 Å². The number of guanidine groups is 1. The van der Waals surface area contributed by atoms with E-state index in [0.29, 0.717) is 11.0 Å². The lowest BCUT2D eigenvalue weighted by Crippen LogP contribution is -2.65. The topological polar surface area (TPSA) is 85.8 Å². The number of rotatable bonds is 5. The van der Waals surface area contributed by atoms with Crippen LogP contribution in [0.1, 0.15) is 12.5 Å². The fraction of sp³-hybridized carbons (Fsp3) is 0.250. The molecule has 3 heterocycles. The van der Waals surface area contributed by atoms with Gasteiger partial charge in [-0.05, 0) is 30.7 Å². The molecule has 2 unspecified atom stereocenters. The Kier molecular flexibility index (Phi) is 5.49. The maximum absolute atomic E-state index is 13.4. The third-order valence-electron chi connectivity index (χ3n) is 5.98. The number of hydrogen-bond donors (Lipinski definition) is 0. The molecule has 34 heavy (non-hydrogen) atoms. The van der Waals surface area contributed by atoms with E-state index in [-0.39, 0.29) is 6.61 Å². The molecule has 0 N–H and O–H groups in total. The number of urea groups is 1. The first-order valence-corrected chi connectivity index (χ1v) is 11.1. The molecule has 2 aromatic carbocycles. The molecular formula is C24H22ClN5O4. The number of carbonyl (C=O) groups is 3. The standard InChI is InChI=1S/C24H22ClN5O4/c1-15-12-28-20-21(26-23(28)30(15)18-10-6-9-17(25)11-18)27(2)24(33)29(22(20)32)13-19(31)34-14-16-7-4-3-5-8-16/h3-12,20-21H,13-14H2,1-2H3. The van der Waals surface area contributed by atoms with Gasteiger partial charge in [-0.2, -0.15) is 0 Å². The number of aliphatic imine (C=N–C) groups is 1. The Morgan fingerprint density at radius 3 is 2.62 bits per heavy atom. The Labute approximate surface area is 201 Å². The fourth-order valence-electron chi connectivity index (χ4n) is 4.35. The number of benzene rings is 2. The monoisotopic (exact) mass is 479 g/mol. The van der Waals surface area contributed by atoms with Gasteiger partial charge in [0.25, 0.3) is 5.91 Å². The van der Waals surface area contributed by atoms with Crippen molar-refractivity contribution in [2.45, 2.75) is 25.7 Å². The average Bonchev–Trinajstić information content (AvgIpc) is 3.34. The van der Waals surface area contributed by atoms with Gasteiger partial charge in [0, 0.05) is 24.0 Å². The highest BCUT2D eigenvalue weighted by atomic mass is 35.5. The van der Waals surface area contributed by atoms with Crippen molar-refractivity contribution in [3.05, 3.63) is 77.1 Å². The summed E-state index contributed by atoms with van der Waals surface area (Å²) in [6.07, 6.45) is 1.11. The van der Waals surface area contributed by atoms with E-state index in [1.807, 2.05) is 60.5 Å². The van der Waals surface area contributed by atoms with E-state index in [0.717, 1.165) is 21.8 Å². The number of allylic oxidation sites excluding steroid dienone is 1. The van der Waals surface area contributed by atoms with Crippen LogP contribution >= 0.6 is 11.6 Å². The number of likely N-dealkylation sites (N-methyl/N-ethyl adjacent to an activating group) is 1. The predicted octanol–water partition coefficient (Wildman–Crippen LogP) is 3.03. The summed E-state index contributed by atoms with van der Waals surface area (Å²) in [6, 6.07) is 15.1. The van der Waals surface area contributed by atoms with Crippen LogP contribution in [-0.4, -0.2) is 64.4 Å². The summed E-state index contributed by atoms with van der Waals surface area (Å²) < 4.78 is 5.29. The van der Waals surface area contributed by atoms with Crippen molar-refractivity contribution < 1.29 is 19.1 Å². The van der Waals surface area contributed by atoms with Gasteiger partial charge in [-0.15, -0.1) is 0 Å². The molecule has 1 fully saturated rings. The van der Waals surface area contributed by atoms with Crippen LogP contribution < -0.4 is 4.90 Å². The minimum atomic E-state index is -0.779. The number of nitrogens with zero attached hydrogens (tertiary/aromatic N) is 5. The average molecular weight is 480 g/mol. The van der Waals surface area contributed by atoms with Crippen LogP contribution in [-0.2, 0) is 20.9 Å². The lowest BCUT2D eigenvalue weighted by Gasteiger charge is -2.39. The maximum atomic E-state index is 13.4. The Balaban J connectivity index is 1.35. The number of esters is 1. The molecule has 0 spiro atoms. The highest BCUT2D eigenvalue weighted by molar-refractivity contribution is 6.31. The Bertz CT molecular complexity index is 1230. The minimum absolute atomic E-state index is 0.0632. The molecule has 0 radical (unpaired) electrons. The molecule has 10 heteroatoms. The molecule has 5 rings (SSSR count). The molecule has 0 bridgehead atoms. The molecule has 3 amide bonds. The van der Waals surface area contributed by atoms with E-state index >= 15 is 0 Å². The Morgan fingerprint density at radius 1 is 1.12 bits per heavy atom. The highest BCUT2D eigenvalue weighted by Crippen LogP contribution is 2.37. The number of fused-ring (bicyclic) bond motifs is 3. The molecule has 9 nitrogen and oxygen atoms in total. The van der Waals surface area contributed by atoms with Gasteiger partial charge in [0.15, 0.2) is 12.2 Å². The quantitative estimate of drug-likeness (QED) is 0.613. The number of carbonyl (C=O) groups excluding carboxylic acids is 3. The molecule has 1 saturated heterocycles. The molecular weight excluding hydrogens is 458 g/mol. The van der Waals surface area contributed by atoms with Crippen LogP contribution in [0.2, 0.25) is 5.02 Å². The van der Waals surface area contributed by atoms with E-state index in [4.69, 9.17) is 21.3 Å². The number of anilines is 1. The van der Waals surface area contributed by atoms with E-state index < -0.39 is 36.7 Å². The van der Waals surface area contributed by atoms with Crippen molar-refractivity contribution in [3.8, 4) is 0 Å². The largest absolute Gasteiger partial charge is 0.459 e. The summed E-state index contributed by atoms with van der Waals surface area (Å²) >= 11 is 6.18. The number of hydrogen-bond acceptors (Lipinski definition) is 7. The summed E-state index contributed by atoms with van der Waals surface area (Å²) in [4.78, 5) is 49.5. The minimum Gasteiger partial charge on any atom is -0.459 e. The van der Waals surface area contributed by atoms with Gasteiger partial charge in [0.05, 0.1) is 5.69 Å². The Hall–Kier alpha value is -3.85. The van der Waals surface area contributed by atoms with E-state index in [1.54, 1.807) is 24.1 Å². The summed E-state index contributed by atoms with van der Waals surface area (Å²) in [5.41, 5.74) is 2.46. The maximum Gasteiger partial charge on any atom is 0.328 e. The molecule has 3 aliphatic heterocycles. The fourth-order valence-corrected chi connectivity index (χ4v) is 4.53. The number of halogens is 1. The van der Waals surface area contributed by atoms with Gasteiger partial charge in [-0.3, -0.25) is 19.4 Å². The van der Waals surface area contributed by atoms with Crippen LogP contribution in [0.15, 0.2) is 71.5 Å². The zero-order valence-electron chi connectivity index (χ0n) is 18.6. The van der Waals surface area contributed by atoms with Crippen LogP contribution in [0.5, 0.6) is 0 Å². The number of ether oxygens (including phenoxy) is 1. The predicted molar refractivity (Wildman–Crippen MR) is 126 cm³/mol. The van der Waals surface area contributed by atoms with Crippen molar-refractivity contribution in [2.75, 3.05) is 18.5 Å².